The summed E-state index contributed by atoms with van der Waals surface area (Å²) in [5.41, 5.74) is 7.51. The van der Waals surface area contributed by atoms with Crippen LogP contribution in [-0.2, 0) is 31.0 Å². The van der Waals surface area contributed by atoms with E-state index in [9.17, 15) is 42.5 Å². The van der Waals surface area contributed by atoms with Gasteiger partial charge in [0.25, 0.3) is 27.5 Å². The summed E-state index contributed by atoms with van der Waals surface area (Å²) in [6.45, 7) is 12.4. The Labute approximate surface area is 553 Å². The molecule has 5 amide bonds. The van der Waals surface area contributed by atoms with Crippen LogP contribution >= 0.6 is 11.6 Å². The number of benzene rings is 4. The van der Waals surface area contributed by atoms with Crippen LogP contribution in [0, 0.1) is 33.3 Å². The summed E-state index contributed by atoms with van der Waals surface area (Å²) in [7, 11) is -4.64. The number of likely N-dealkylation sites (tertiary alicyclic amines) is 2. The van der Waals surface area contributed by atoms with Gasteiger partial charge in [0.05, 0.1) is 21.6 Å². The van der Waals surface area contributed by atoms with Crippen LogP contribution in [0.4, 0.5) is 17.1 Å². The van der Waals surface area contributed by atoms with E-state index in [2.05, 4.69) is 77.8 Å². The van der Waals surface area contributed by atoms with Gasteiger partial charge in [0.2, 0.25) is 17.7 Å². The standard InChI is InChI=1S/C71H80ClN11O10S/c1-71(2)29-23-51(59(42-71)49-13-15-52(72)16-14-49)45-78-35-37-80(38-36-78)54-17-19-58(64(40-54)93-55-39-50-24-30-73-67(50)75-44-55)68(86)77-94(91,92)56-18-20-61(63(41-56)83(89)90)74-43-47-25-31-79(32-26-47)53-27-33-81(34-28-53)66(85)12-7-5-3-4-6-9-48-10-8-11-57-60(48)46-82(70(57)88)62-21-22-65(84)76-69(62)87/h8,10-11,13-20,24,30,39-41,44,47,53,62,74H,3-5,7,12,21-23,25-29,31-38,42-43,45-46H2,1-2H3,(H,73,75)(H,77,86)(H,76,84,87). The number of aromatic amines is 1. The number of nitro groups is 1. The zero-order valence-electron chi connectivity index (χ0n) is 53.2. The molecule has 6 aromatic rings. The van der Waals surface area contributed by atoms with Crippen LogP contribution in [0.3, 0.4) is 0 Å². The van der Waals surface area contributed by atoms with Gasteiger partial charge in [0.1, 0.15) is 28.9 Å². The molecule has 2 aromatic heterocycles. The summed E-state index contributed by atoms with van der Waals surface area (Å²) in [6, 6.07) is 25.6. The highest BCUT2D eigenvalue weighted by Gasteiger charge is 2.40. The van der Waals surface area contributed by atoms with E-state index in [4.69, 9.17) is 16.3 Å². The van der Waals surface area contributed by atoms with Gasteiger partial charge in [-0.15, -0.1) is 0 Å². The maximum Gasteiger partial charge on any atom is 0.293 e. The Bertz CT molecular complexity index is 4100. The van der Waals surface area contributed by atoms with Crippen LogP contribution in [0.25, 0.3) is 16.6 Å². The van der Waals surface area contributed by atoms with E-state index < -0.39 is 43.4 Å². The summed E-state index contributed by atoms with van der Waals surface area (Å²) in [5.74, 6) is 5.34. The summed E-state index contributed by atoms with van der Waals surface area (Å²) in [4.78, 5) is 94.5. The van der Waals surface area contributed by atoms with Crippen LogP contribution in [-0.4, -0.2) is 150 Å². The van der Waals surface area contributed by atoms with Crippen LogP contribution < -0.4 is 25.0 Å². The number of allylic oxidation sites excluding steroid dienone is 1. The number of nitrogens with one attached hydrogen (secondary N) is 4. The van der Waals surface area contributed by atoms with Crippen molar-refractivity contribution >= 4 is 84.8 Å². The molecule has 12 rings (SSSR count). The maximum atomic E-state index is 14.2. The molecule has 0 radical (unpaired) electrons. The molecule has 4 N–H and O–H groups in total. The zero-order chi connectivity index (χ0) is 65.7. The number of hydrogen-bond donors (Lipinski definition) is 4. The molecule has 0 bridgehead atoms. The first-order valence-corrected chi connectivity index (χ1v) is 34.7. The normalized spacial score (nSPS) is 19.2. The van der Waals surface area contributed by atoms with Crippen LogP contribution in [0.5, 0.6) is 11.5 Å². The lowest BCUT2D eigenvalue weighted by molar-refractivity contribution is -0.384. The SMILES string of the molecule is CC1(C)CCC(CN2CCN(c3ccc(C(=O)NS(=O)(=O)c4ccc(NCC5CCN(C6CCN(C(=O)CCCCCC#Cc7cccc8c7CN(C7CCC(=O)NC7=O)C8=O)CC6)CC5)c([N+](=O)[O-])c4)c(Oc4cnc5[nH]ccc5c4)c3)CC2)=C(c2ccc(Cl)cc2)C1. The Morgan fingerprint density at radius 3 is 2.43 bits per heavy atom. The number of imide groups is 1. The van der Waals surface area contributed by atoms with Gasteiger partial charge in [-0.25, -0.2) is 18.1 Å². The number of pyridine rings is 1. The molecule has 4 saturated heterocycles. The number of fused-ring (bicyclic) bond motifs is 2. The van der Waals surface area contributed by atoms with E-state index in [0.717, 1.165) is 130 Å². The number of carbonyl (C=O) groups is 5. The van der Waals surface area contributed by atoms with Gasteiger partial charge in [-0.05, 0) is 166 Å². The third kappa shape index (κ3) is 15.3. The molecule has 1 unspecified atom stereocenters. The van der Waals surface area contributed by atoms with Crippen molar-refractivity contribution in [3.05, 3.63) is 152 Å². The van der Waals surface area contributed by atoms with Crippen LogP contribution in [0.15, 0.2) is 114 Å². The first-order valence-electron chi connectivity index (χ1n) is 32.9. The number of amides is 5. The molecule has 94 heavy (non-hydrogen) atoms. The van der Waals surface area contributed by atoms with Crippen molar-refractivity contribution in [1.82, 2.24) is 39.6 Å². The highest BCUT2D eigenvalue weighted by molar-refractivity contribution is 7.90. The quantitative estimate of drug-likeness (QED) is 0.0182. The van der Waals surface area contributed by atoms with Gasteiger partial charge in [-0.3, -0.25) is 44.3 Å². The monoisotopic (exact) mass is 1310 g/mol. The number of sulfonamides is 1. The van der Waals surface area contributed by atoms with Crippen LogP contribution in [0.2, 0.25) is 5.02 Å². The highest BCUT2D eigenvalue weighted by atomic mass is 35.5. The van der Waals surface area contributed by atoms with Crippen molar-refractivity contribution in [3.63, 3.8) is 0 Å². The fourth-order valence-electron chi connectivity index (χ4n) is 14.1. The number of halogens is 1. The Morgan fingerprint density at radius 2 is 1.66 bits per heavy atom. The summed E-state index contributed by atoms with van der Waals surface area (Å²) in [6.07, 6.45) is 14.1. The molecule has 1 aliphatic carbocycles. The molecule has 7 heterocycles. The predicted molar refractivity (Wildman–Crippen MR) is 360 cm³/mol. The van der Waals surface area contributed by atoms with Crippen molar-refractivity contribution in [3.8, 4) is 23.3 Å². The van der Waals surface area contributed by atoms with E-state index in [0.29, 0.717) is 75.0 Å². The minimum Gasteiger partial charge on any atom is -0.455 e. The first kappa shape index (κ1) is 65.4. The molecule has 5 aliphatic heterocycles. The Morgan fingerprint density at radius 1 is 0.872 bits per heavy atom. The van der Waals surface area contributed by atoms with Gasteiger partial charge in [-0.1, -0.05) is 67.5 Å². The molecule has 0 saturated carbocycles. The number of rotatable bonds is 20. The Kier molecular flexibility index (Phi) is 19.9. The number of piperazine rings is 1. The van der Waals surface area contributed by atoms with E-state index in [-0.39, 0.29) is 59.0 Å². The smallest absolute Gasteiger partial charge is 0.293 e. The van der Waals surface area contributed by atoms with Crippen molar-refractivity contribution < 1.29 is 42.1 Å². The van der Waals surface area contributed by atoms with Crippen molar-refractivity contribution in [1.29, 1.82) is 0 Å². The fourth-order valence-corrected chi connectivity index (χ4v) is 15.2. The van der Waals surface area contributed by atoms with Gasteiger partial charge >= 0.3 is 0 Å². The number of piperidine rings is 3. The average molecular weight is 1320 g/mol. The highest BCUT2D eigenvalue weighted by Crippen LogP contribution is 2.44. The van der Waals surface area contributed by atoms with Crippen molar-refractivity contribution in [2.75, 3.05) is 75.7 Å². The van der Waals surface area contributed by atoms with E-state index in [1.54, 1.807) is 42.6 Å². The second kappa shape index (κ2) is 28.5. The lowest BCUT2D eigenvalue weighted by Crippen LogP contribution is -2.52. The zero-order valence-corrected chi connectivity index (χ0v) is 54.8. The summed E-state index contributed by atoms with van der Waals surface area (Å²) in [5, 5.41) is 19.6. The second-order valence-corrected chi connectivity index (χ2v) is 28.6. The molecular formula is C71H80ClN11O10S. The van der Waals surface area contributed by atoms with Crippen molar-refractivity contribution in [2.45, 2.75) is 127 Å². The number of nitro benzene ring substituents is 1. The molecule has 21 nitrogen and oxygen atoms in total. The third-order valence-electron chi connectivity index (χ3n) is 19.6. The fraction of sp³-hybridized carbons (Fsp3) is 0.437. The molecule has 23 heteroatoms. The number of hydrogen-bond acceptors (Lipinski definition) is 15. The molecule has 492 valence electrons. The number of ether oxygens (including phenoxy) is 1. The van der Waals surface area contributed by atoms with Gasteiger partial charge < -0.3 is 34.6 Å². The van der Waals surface area contributed by atoms with Crippen molar-refractivity contribution in [2.24, 2.45) is 11.3 Å². The Balaban J connectivity index is 0.598. The van der Waals surface area contributed by atoms with Gasteiger partial charge in [0.15, 0.2) is 0 Å². The number of H-pyrrole nitrogens is 1. The lowest BCUT2D eigenvalue weighted by Gasteiger charge is -2.42. The number of unbranched alkanes of at least 4 members (excludes halogenated alkanes) is 3. The summed E-state index contributed by atoms with van der Waals surface area (Å²) >= 11 is 6.28. The lowest BCUT2D eigenvalue weighted by atomic mass is 9.72. The van der Waals surface area contributed by atoms with Gasteiger partial charge in [0, 0.05) is 130 Å². The van der Waals surface area contributed by atoms with Gasteiger partial charge in [-0.2, -0.15) is 0 Å². The van der Waals surface area contributed by atoms with E-state index in [1.807, 2.05) is 29.2 Å². The molecule has 1 atom stereocenters. The number of carbonyl (C=O) groups excluding carboxylic acids is 5. The number of aromatic nitrogens is 2. The minimum absolute atomic E-state index is 0.0557. The number of anilines is 2. The first-order chi connectivity index (χ1) is 45.3. The third-order valence-corrected chi connectivity index (χ3v) is 21.2. The second-order valence-electron chi connectivity index (χ2n) is 26.5. The summed E-state index contributed by atoms with van der Waals surface area (Å²) < 4.78 is 36.6. The molecule has 4 fully saturated rings. The molecular weight excluding hydrogens is 1230 g/mol. The van der Waals surface area contributed by atoms with E-state index in [1.165, 1.54) is 39.9 Å². The predicted octanol–water partition coefficient (Wildman–Crippen LogP) is 10.7. The molecule has 0 spiro atoms. The van der Waals surface area contributed by atoms with Crippen LogP contribution in [0.1, 0.15) is 141 Å². The Hall–Kier alpha value is -8.62. The topological polar surface area (TPSA) is 253 Å². The maximum absolute atomic E-state index is 14.2. The molecule has 4 aromatic carbocycles. The number of nitrogens with zero attached hydrogens (tertiary/aromatic N) is 7. The average Bonchev–Trinajstić information content (AvgIpc) is 1.56. The minimum atomic E-state index is -4.64. The van der Waals surface area contributed by atoms with E-state index >= 15 is 0 Å². The largest absolute Gasteiger partial charge is 0.455 e. The molecule has 6 aliphatic rings.